The first kappa shape index (κ1) is 16.3. The van der Waals surface area contributed by atoms with Gasteiger partial charge in [-0.3, -0.25) is 14.2 Å². The third-order valence-electron chi connectivity index (χ3n) is 4.30. The van der Waals surface area contributed by atoms with Gasteiger partial charge in [0.1, 0.15) is 0 Å². The Labute approximate surface area is 138 Å². The van der Waals surface area contributed by atoms with Gasteiger partial charge in [-0.1, -0.05) is 0 Å². The predicted octanol–water partition coefficient (Wildman–Crippen LogP) is 0.340. The maximum Gasteiger partial charge on any atom is 0.261 e. The normalized spacial score (nSPS) is 20.7. The Morgan fingerprint density at radius 2 is 2.33 bits per heavy atom. The van der Waals surface area contributed by atoms with E-state index in [0.717, 1.165) is 13.0 Å². The van der Waals surface area contributed by atoms with Crippen LogP contribution in [-0.4, -0.2) is 39.1 Å². The Morgan fingerprint density at radius 3 is 3.08 bits per heavy atom. The monoisotopic (exact) mass is 326 g/mol. The topological polar surface area (TPSA) is 108 Å². The predicted molar refractivity (Wildman–Crippen MR) is 87.4 cm³/mol. The van der Waals surface area contributed by atoms with Gasteiger partial charge >= 0.3 is 0 Å². The Bertz CT molecular complexity index is 868. The van der Waals surface area contributed by atoms with E-state index in [1.807, 2.05) is 6.07 Å². The molecule has 7 nitrogen and oxygen atoms in total. The molecule has 2 aromatic rings. The molecule has 1 saturated heterocycles. The van der Waals surface area contributed by atoms with Crippen molar-refractivity contribution in [1.82, 2.24) is 14.9 Å². The van der Waals surface area contributed by atoms with Crippen molar-refractivity contribution in [3.8, 4) is 6.07 Å². The molecule has 2 atom stereocenters. The molecule has 3 rings (SSSR count). The van der Waals surface area contributed by atoms with E-state index in [1.54, 1.807) is 12.1 Å². The number of hydrogen-bond acceptors (Lipinski definition) is 6. The van der Waals surface area contributed by atoms with E-state index in [9.17, 15) is 14.7 Å². The number of aliphatic hydroxyl groups excluding tert-OH is 1. The highest BCUT2D eigenvalue weighted by atomic mass is 16.3. The van der Waals surface area contributed by atoms with Gasteiger partial charge < -0.3 is 10.4 Å². The van der Waals surface area contributed by atoms with Crippen molar-refractivity contribution in [2.24, 2.45) is 0 Å². The van der Waals surface area contributed by atoms with E-state index in [1.165, 1.54) is 17.0 Å². The average molecular weight is 326 g/mol. The molecule has 0 saturated carbocycles. The van der Waals surface area contributed by atoms with Gasteiger partial charge in [-0.05, 0) is 37.6 Å². The number of hydrogen-bond donors (Lipinski definition) is 2. The summed E-state index contributed by atoms with van der Waals surface area (Å²) in [6.45, 7) is 0.687. The molecule has 0 unspecified atom stereocenters. The standard InChI is InChI=1S/C17H18N4O3/c18-8-11-3-4-14-13(6-11)17(24)21(10-20-14)9-12(22)7-15-16(23)2-1-5-19-15/h3-4,6,10,15-16,19,23H,1-2,5,7,9H2/t15-,16+/m0/s1. The number of benzene rings is 1. The van der Waals surface area contributed by atoms with Crippen molar-refractivity contribution < 1.29 is 9.90 Å². The molecule has 2 heterocycles. The number of aromatic nitrogens is 2. The molecule has 0 bridgehead atoms. The van der Waals surface area contributed by atoms with Crippen molar-refractivity contribution in [3.05, 3.63) is 40.4 Å². The summed E-state index contributed by atoms with van der Waals surface area (Å²) in [6.07, 6.45) is 2.55. The lowest BCUT2D eigenvalue weighted by Gasteiger charge is -2.28. The van der Waals surface area contributed by atoms with E-state index in [2.05, 4.69) is 10.3 Å². The van der Waals surface area contributed by atoms with Gasteiger partial charge in [-0.2, -0.15) is 5.26 Å². The number of nitriles is 1. The van der Waals surface area contributed by atoms with Crippen LogP contribution in [0.4, 0.5) is 0 Å². The lowest BCUT2D eigenvalue weighted by Crippen LogP contribution is -2.46. The number of rotatable bonds is 4. The molecular weight excluding hydrogens is 308 g/mol. The zero-order valence-electron chi connectivity index (χ0n) is 13.1. The van der Waals surface area contributed by atoms with Crippen LogP contribution in [0.2, 0.25) is 0 Å². The van der Waals surface area contributed by atoms with E-state index in [4.69, 9.17) is 5.26 Å². The van der Waals surface area contributed by atoms with Crippen LogP contribution in [0.5, 0.6) is 0 Å². The molecule has 1 aromatic heterocycles. The smallest absolute Gasteiger partial charge is 0.261 e. The highest BCUT2D eigenvalue weighted by molar-refractivity contribution is 5.81. The highest BCUT2D eigenvalue weighted by Crippen LogP contribution is 2.12. The van der Waals surface area contributed by atoms with Gasteiger partial charge in [-0.25, -0.2) is 4.98 Å². The molecule has 2 N–H and O–H groups in total. The first-order valence-electron chi connectivity index (χ1n) is 7.91. The Balaban J connectivity index is 1.79. The summed E-state index contributed by atoms with van der Waals surface area (Å²) < 4.78 is 1.25. The maximum atomic E-state index is 12.5. The highest BCUT2D eigenvalue weighted by Gasteiger charge is 2.25. The van der Waals surface area contributed by atoms with Crippen molar-refractivity contribution in [3.63, 3.8) is 0 Å². The SMILES string of the molecule is N#Cc1ccc2ncn(CC(=O)C[C@@H]3NCCC[C@H]3O)c(=O)c2c1. The van der Waals surface area contributed by atoms with Gasteiger partial charge in [0.25, 0.3) is 5.56 Å². The molecule has 24 heavy (non-hydrogen) atoms. The Morgan fingerprint density at radius 1 is 1.50 bits per heavy atom. The van der Waals surface area contributed by atoms with Crippen LogP contribution in [0, 0.1) is 11.3 Å². The first-order valence-corrected chi connectivity index (χ1v) is 7.91. The molecule has 0 amide bonds. The van der Waals surface area contributed by atoms with Crippen LogP contribution in [-0.2, 0) is 11.3 Å². The molecule has 1 aliphatic heterocycles. The number of nitrogens with zero attached hydrogens (tertiary/aromatic N) is 3. The largest absolute Gasteiger partial charge is 0.391 e. The fourth-order valence-electron chi connectivity index (χ4n) is 2.99. The van der Waals surface area contributed by atoms with E-state index in [0.29, 0.717) is 22.9 Å². The second kappa shape index (κ2) is 6.91. The molecule has 0 spiro atoms. The molecule has 1 fully saturated rings. The minimum Gasteiger partial charge on any atom is -0.391 e. The molecule has 124 valence electrons. The summed E-state index contributed by atoms with van der Waals surface area (Å²) in [6, 6.07) is 6.42. The summed E-state index contributed by atoms with van der Waals surface area (Å²) in [5.41, 5.74) is 0.523. The second-order valence-corrected chi connectivity index (χ2v) is 6.03. The number of carbonyl (C=O) groups excluding carboxylic acids is 1. The zero-order chi connectivity index (χ0) is 17.1. The van der Waals surface area contributed by atoms with Crippen molar-refractivity contribution in [2.45, 2.75) is 38.0 Å². The number of carbonyl (C=O) groups is 1. The fraction of sp³-hybridized carbons (Fsp3) is 0.412. The van der Waals surface area contributed by atoms with E-state index < -0.39 is 6.10 Å². The van der Waals surface area contributed by atoms with Gasteiger partial charge in [0.15, 0.2) is 5.78 Å². The van der Waals surface area contributed by atoms with Crippen molar-refractivity contribution in [1.29, 1.82) is 5.26 Å². The summed E-state index contributed by atoms with van der Waals surface area (Å²) in [7, 11) is 0. The van der Waals surface area contributed by atoms with E-state index >= 15 is 0 Å². The number of nitrogens with one attached hydrogen (secondary N) is 1. The van der Waals surface area contributed by atoms with Crippen molar-refractivity contribution in [2.75, 3.05) is 6.54 Å². The van der Waals surface area contributed by atoms with E-state index in [-0.39, 0.29) is 30.3 Å². The van der Waals surface area contributed by atoms with Crippen LogP contribution < -0.4 is 10.9 Å². The van der Waals surface area contributed by atoms with Gasteiger partial charge in [0.05, 0.1) is 41.5 Å². The third-order valence-corrected chi connectivity index (χ3v) is 4.30. The van der Waals surface area contributed by atoms with Crippen LogP contribution in [0.3, 0.4) is 0 Å². The minimum absolute atomic E-state index is 0.0938. The Kier molecular flexibility index (Phi) is 4.69. The van der Waals surface area contributed by atoms with Crippen LogP contribution in [0.15, 0.2) is 29.3 Å². The van der Waals surface area contributed by atoms with Crippen molar-refractivity contribution >= 4 is 16.7 Å². The Hall–Kier alpha value is -2.56. The lowest BCUT2D eigenvalue weighted by molar-refractivity contribution is -0.121. The fourth-order valence-corrected chi connectivity index (χ4v) is 2.99. The summed E-state index contributed by atoms with van der Waals surface area (Å²) in [5.74, 6) is -0.145. The lowest BCUT2D eigenvalue weighted by atomic mass is 9.97. The van der Waals surface area contributed by atoms with Crippen LogP contribution >= 0.6 is 0 Å². The summed E-state index contributed by atoms with van der Waals surface area (Å²) in [4.78, 5) is 28.9. The summed E-state index contributed by atoms with van der Waals surface area (Å²) in [5, 5.41) is 22.3. The molecular formula is C17H18N4O3. The number of fused-ring (bicyclic) bond motifs is 1. The molecule has 0 aliphatic carbocycles. The second-order valence-electron chi connectivity index (χ2n) is 6.03. The number of piperidine rings is 1. The molecule has 7 heteroatoms. The molecule has 1 aliphatic rings. The maximum absolute atomic E-state index is 12.5. The number of Topliss-reactive ketones (excluding diaryl/α,β-unsaturated/α-hetero) is 1. The van der Waals surface area contributed by atoms with Gasteiger partial charge in [0, 0.05) is 12.5 Å². The quantitative estimate of drug-likeness (QED) is 0.839. The van der Waals surface area contributed by atoms with Crippen LogP contribution in [0.25, 0.3) is 10.9 Å². The van der Waals surface area contributed by atoms with Crippen LogP contribution in [0.1, 0.15) is 24.8 Å². The first-order chi connectivity index (χ1) is 11.6. The van der Waals surface area contributed by atoms with Gasteiger partial charge in [0.2, 0.25) is 0 Å². The third kappa shape index (κ3) is 3.35. The minimum atomic E-state index is -0.535. The average Bonchev–Trinajstić information content (AvgIpc) is 2.59. The summed E-state index contributed by atoms with van der Waals surface area (Å²) >= 11 is 0. The van der Waals surface area contributed by atoms with Gasteiger partial charge in [-0.15, -0.1) is 0 Å². The number of aliphatic hydroxyl groups is 1. The number of ketones is 1. The molecule has 0 radical (unpaired) electrons. The zero-order valence-corrected chi connectivity index (χ0v) is 13.1. The molecule has 1 aromatic carbocycles.